The van der Waals surface area contributed by atoms with Crippen molar-refractivity contribution in [3.63, 3.8) is 0 Å². The topological polar surface area (TPSA) is 70.5 Å². The molecule has 4 rings (SSSR count). The maximum atomic E-state index is 13.5. The number of rotatable bonds is 5. The predicted molar refractivity (Wildman–Crippen MR) is 120 cm³/mol. The number of aliphatic hydroxyl groups is 1. The van der Waals surface area contributed by atoms with Crippen molar-refractivity contribution >= 4 is 17.5 Å². The van der Waals surface area contributed by atoms with E-state index in [1.165, 1.54) is 10.5 Å². The van der Waals surface area contributed by atoms with Crippen LogP contribution in [0.15, 0.2) is 72.9 Å². The standard InChI is InChI=1S/C26H26N2O3/c1-16(2)18-11-13-19(14-12-18)23-22(24(29)20-9-7-17(3)8-10-20)25(30)26(31)28(23)21-6-4-5-15-27-21/h4-16,22-23,25,30H,1-3H3. The van der Waals surface area contributed by atoms with Crippen molar-refractivity contribution < 1.29 is 14.7 Å². The van der Waals surface area contributed by atoms with E-state index in [1.807, 2.05) is 43.3 Å². The van der Waals surface area contributed by atoms with Gasteiger partial charge in [0, 0.05) is 11.8 Å². The SMILES string of the molecule is Cc1ccc(C(=O)C2C(O)C(=O)N(c3ccccn3)C2c2ccc(C(C)C)cc2)cc1. The van der Waals surface area contributed by atoms with Crippen LogP contribution in [-0.4, -0.2) is 27.9 Å². The summed E-state index contributed by atoms with van der Waals surface area (Å²) in [6.07, 6.45) is 0.161. The first-order valence-electron chi connectivity index (χ1n) is 10.5. The van der Waals surface area contributed by atoms with Crippen LogP contribution in [0.1, 0.15) is 52.9 Å². The number of benzene rings is 2. The molecule has 31 heavy (non-hydrogen) atoms. The number of anilines is 1. The van der Waals surface area contributed by atoms with Crippen molar-refractivity contribution in [3.05, 3.63) is 95.2 Å². The number of hydrogen-bond donors (Lipinski definition) is 1. The number of nitrogens with zero attached hydrogens (tertiary/aromatic N) is 2. The van der Waals surface area contributed by atoms with Crippen LogP contribution in [0.25, 0.3) is 0 Å². The Hall–Kier alpha value is -3.31. The summed E-state index contributed by atoms with van der Waals surface area (Å²) >= 11 is 0. The summed E-state index contributed by atoms with van der Waals surface area (Å²) in [5, 5.41) is 10.9. The minimum atomic E-state index is -1.44. The molecule has 3 aromatic rings. The molecule has 1 aliphatic heterocycles. The van der Waals surface area contributed by atoms with Gasteiger partial charge in [-0.3, -0.25) is 14.5 Å². The van der Waals surface area contributed by atoms with Gasteiger partial charge < -0.3 is 5.11 Å². The van der Waals surface area contributed by atoms with Crippen molar-refractivity contribution in [1.82, 2.24) is 4.98 Å². The zero-order valence-corrected chi connectivity index (χ0v) is 17.9. The highest BCUT2D eigenvalue weighted by molar-refractivity contribution is 6.09. The number of aliphatic hydroxyl groups excluding tert-OH is 1. The Balaban J connectivity index is 1.82. The van der Waals surface area contributed by atoms with Crippen molar-refractivity contribution in [2.75, 3.05) is 4.90 Å². The maximum Gasteiger partial charge on any atom is 0.258 e. The number of pyridine rings is 1. The van der Waals surface area contributed by atoms with Gasteiger partial charge in [-0.25, -0.2) is 4.98 Å². The third-order valence-corrected chi connectivity index (χ3v) is 5.93. The first-order chi connectivity index (χ1) is 14.9. The fourth-order valence-corrected chi connectivity index (χ4v) is 4.15. The lowest BCUT2D eigenvalue weighted by atomic mass is 9.85. The average Bonchev–Trinajstić information content (AvgIpc) is 3.05. The summed E-state index contributed by atoms with van der Waals surface area (Å²) in [6, 6.07) is 19.8. The van der Waals surface area contributed by atoms with Crippen LogP contribution in [0.4, 0.5) is 5.82 Å². The summed E-state index contributed by atoms with van der Waals surface area (Å²) in [6.45, 7) is 6.17. The molecule has 1 fully saturated rings. The second-order valence-corrected chi connectivity index (χ2v) is 8.36. The Labute approximate surface area is 182 Å². The van der Waals surface area contributed by atoms with Crippen LogP contribution in [0.2, 0.25) is 0 Å². The van der Waals surface area contributed by atoms with Gasteiger partial charge in [0.1, 0.15) is 11.9 Å². The maximum absolute atomic E-state index is 13.5. The minimum Gasteiger partial charge on any atom is -0.382 e. The molecule has 5 nitrogen and oxygen atoms in total. The highest BCUT2D eigenvalue weighted by Gasteiger charge is 2.52. The third kappa shape index (κ3) is 3.89. The molecule has 0 spiro atoms. The Kier molecular flexibility index (Phi) is 5.70. The average molecular weight is 415 g/mol. The Bertz CT molecular complexity index is 1080. The van der Waals surface area contributed by atoms with Crippen LogP contribution >= 0.6 is 0 Å². The van der Waals surface area contributed by atoms with E-state index in [1.54, 1.807) is 36.5 Å². The quantitative estimate of drug-likeness (QED) is 0.626. The molecule has 3 atom stereocenters. The number of ketones is 1. The van der Waals surface area contributed by atoms with Crippen LogP contribution in [0.3, 0.4) is 0 Å². The van der Waals surface area contributed by atoms with Crippen LogP contribution < -0.4 is 4.90 Å². The molecule has 1 aromatic heterocycles. The summed E-state index contributed by atoms with van der Waals surface area (Å²) in [5.74, 6) is -0.910. The molecule has 3 unspecified atom stereocenters. The van der Waals surface area contributed by atoms with Gasteiger partial charge in [0.25, 0.3) is 5.91 Å². The van der Waals surface area contributed by atoms with Gasteiger partial charge in [-0.05, 0) is 36.1 Å². The van der Waals surface area contributed by atoms with Gasteiger partial charge in [0.05, 0.1) is 12.0 Å². The first-order valence-corrected chi connectivity index (χ1v) is 10.5. The third-order valence-electron chi connectivity index (χ3n) is 5.93. The Morgan fingerprint density at radius 1 is 1.00 bits per heavy atom. The number of aromatic nitrogens is 1. The molecule has 5 heteroatoms. The molecule has 0 radical (unpaired) electrons. The predicted octanol–water partition coefficient (Wildman–Crippen LogP) is 4.46. The largest absolute Gasteiger partial charge is 0.382 e. The van der Waals surface area contributed by atoms with Crippen molar-refractivity contribution in [2.45, 2.75) is 38.8 Å². The van der Waals surface area contributed by atoms with Gasteiger partial charge in [-0.2, -0.15) is 0 Å². The van der Waals surface area contributed by atoms with E-state index < -0.39 is 24.0 Å². The van der Waals surface area contributed by atoms with Gasteiger partial charge in [-0.15, -0.1) is 0 Å². The number of carbonyl (C=O) groups is 2. The van der Waals surface area contributed by atoms with E-state index in [4.69, 9.17) is 0 Å². The van der Waals surface area contributed by atoms with E-state index in [9.17, 15) is 14.7 Å². The minimum absolute atomic E-state index is 0.253. The molecule has 0 bridgehead atoms. The molecule has 0 saturated carbocycles. The highest BCUT2D eigenvalue weighted by atomic mass is 16.3. The van der Waals surface area contributed by atoms with Gasteiger partial charge in [-0.1, -0.05) is 74.0 Å². The zero-order valence-electron chi connectivity index (χ0n) is 17.9. The number of aryl methyl sites for hydroxylation is 1. The molecule has 1 saturated heterocycles. The molecule has 2 aromatic carbocycles. The lowest BCUT2D eigenvalue weighted by Crippen LogP contribution is -2.31. The molecular formula is C26H26N2O3. The molecule has 158 valence electrons. The highest BCUT2D eigenvalue weighted by Crippen LogP contribution is 2.42. The molecule has 2 heterocycles. The molecule has 1 N–H and O–H groups in total. The first kappa shape index (κ1) is 20.9. The van der Waals surface area contributed by atoms with E-state index in [-0.39, 0.29) is 5.78 Å². The number of Topliss-reactive ketones (excluding diaryl/α,β-unsaturated/α-hetero) is 1. The monoisotopic (exact) mass is 414 g/mol. The Morgan fingerprint density at radius 3 is 2.26 bits per heavy atom. The van der Waals surface area contributed by atoms with Crippen molar-refractivity contribution in [3.8, 4) is 0 Å². The second-order valence-electron chi connectivity index (χ2n) is 8.36. The lowest BCUT2D eigenvalue weighted by molar-refractivity contribution is -0.124. The van der Waals surface area contributed by atoms with E-state index in [2.05, 4.69) is 18.8 Å². The van der Waals surface area contributed by atoms with Crippen LogP contribution in [-0.2, 0) is 4.79 Å². The van der Waals surface area contributed by atoms with Gasteiger partial charge >= 0.3 is 0 Å². The van der Waals surface area contributed by atoms with E-state index in [0.717, 1.165) is 11.1 Å². The van der Waals surface area contributed by atoms with Crippen molar-refractivity contribution in [2.24, 2.45) is 5.92 Å². The number of carbonyl (C=O) groups excluding carboxylic acids is 2. The molecular weight excluding hydrogens is 388 g/mol. The Morgan fingerprint density at radius 2 is 1.68 bits per heavy atom. The summed E-state index contributed by atoms with van der Waals surface area (Å²) in [5.41, 5.74) is 3.48. The summed E-state index contributed by atoms with van der Waals surface area (Å²) in [7, 11) is 0. The van der Waals surface area contributed by atoms with Crippen molar-refractivity contribution in [1.29, 1.82) is 0 Å². The van der Waals surface area contributed by atoms with E-state index >= 15 is 0 Å². The van der Waals surface area contributed by atoms with Gasteiger partial charge in [0.15, 0.2) is 5.78 Å². The van der Waals surface area contributed by atoms with Crippen LogP contribution in [0.5, 0.6) is 0 Å². The van der Waals surface area contributed by atoms with Crippen LogP contribution in [0, 0.1) is 12.8 Å². The smallest absolute Gasteiger partial charge is 0.258 e. The lowest BCUT2D eigenvalue weighted by Gasteiger charge is -2.27. The zero-order chi connectivity index (χ0) is 22.1. The number of amides is 1. The van der Waals surface area contributed by atoms with E-state index in [0.29, 0.717) is 17.3 Å². The summed E-state index contributed by atoms with van der Waals surface area (Å²) in [4.78, 5) is 32.4. The normalized spacial score (nSPS) is 21.0. The molecule has 1 amide bonds. The fourth-order valence-electron chi connectivity index (χ4n) is 4.15. The fraction of sp³-hybridized carbons (Fsp3) is 0.269. The second kappa shape index (κ2) is 8.44. The van der Waals surface area contributed by atoms with Gasteiger partial charge in [0.2, 0.25) is 0 Å². The number of hydrogen-bond acceptors (Lipinski definition) is 4. The summed E-state index contributed by atoms with van der Waals surface area (Å²) < 4.78 is 0. The molecule has 0 aliphatic carbocycles. The molecule has 1 aliphatic rings.